The second-order valence-electron chi connectivity index (χ2n) is 5.59. The fourth-order valence-electron chi connectivity index (χ4n) is 2.37. The third kappa shape index (κ3) is 5.25. The lowest BCUT2D eigenvalue weighted by Crippen LogP contribution is -2.33. The predicted molar refractivity (Wildman–Crippen MR) is 89.1 cm³/mol. The van der Waals surface area contributed by atoms with Gasteiger partial charge in [-0.15, -0.1) is 0 Å². The number of hydrogen-bond donors (Lipinski definition) is 2. The molecule has 0 radical (unpaired) electrons. The Kier molecular flexibility index (Phi) is 5.92. The van der Waals surface area contributed by atoms with E-state index in [-0.39, 0.29) is 5.91 Å². The number of rotatable bonds is 7. The summed E-state index contributed by atoms with van der Waals surface area (Å²) in [6.07, 6.45) is 1.80. The molecule has 2 rings (SSSR count). The third-order valence-corrected chi connectivity index (χ3v) is 3.68. The topological polar surface area (TPSA) is 66.4 Å². The van der Waals surface area contributed by atoms with Crippen LogP contribution >= 0.6 is 0 Å². The molecule has 23 heavy (non-hydrogen) atoms. The van der Waals surface area contributed by atoms with Crippen molar-refractivity contribution in [3.63, 3.8) is 0 Å². The van der Waals surface area contributed by atoms with E-state index in [0.717, 1.165) is 6.42 Å². The monoisotopic (exact) mass is 311 g/mol. The molecule has 0 aliphatic rings. The lowest BCUT2D eigenvalue weighted by molar-refractivity contribution is -0.142. The smallest absolute Gasteiger partial charge is 0.330 e. The van der Waals surface area contributed by atoms with Gasteiger partial charge in [0.1, 0.15) is 0 Å². The van der Waals surface area contributed by atoms with Crippen molar-refractivity contribution in [2.45, 2.75) is 32.2 Å². The quantitative estimate of drug-likeness (QED) is 0.825. The summed E-state index contributed by atoms with van der Waals surface area (Å²) in [4.78, 5) is 23.3. The Balaban J connectivity index is 1.85. The first-order valence-electron chi connectivity index (χ1n) is 7.69. The number of carbonyl (C=O) groups excluding carboxylic acids is 1. The van der Waals surface area contributed by atoms with E-state index < -0.39 is 12.0 Å². The molecule has 1 amide bonds. The van der Waals surface area contributed by atoms with Crippen LogP contribution in [0.1, 0.15) is 35.6 Å². The number of hydrogen-bond acceptors (Lipinski definition) is 2. The zero-order valence-electron chi connectivity index (χ0n) is 13.2. The van der Waals surface area contributed by atoms with Gasteiger partial charge in [0.15, 0.2) is 6.04 Å². The van der Waals surface area contributed by atoms with Gasteiger partial charge >= 0.3 is 5.97 Å². The summed E-state index contributed by atoms with van der Waals surface area (Å²) in [6.45, 7) is 2.03. The molecule has 0 aromatic heterocycles. The molecule has 0 heterocycles. The van der Waals surface area contributed by atoms with Gasteiger partial charge in [0.2, 0.25) is 5.91 Å². The van der Waals surface area contributed by atoms with E-state index >= 15 is 0 Å². The Morgan fingerprint density at radius 3 is 2.30 bits per heavy atom. The molecule has 0 unspecified atom stereocenters. The Morgan fingerprint density at radius 1 is 1.04 bits per heavy atom. The SMILES string of the molecule is Cc1ccc(CCCC(=O)N[C@H](C(=O)O)c2ccccc2)cc1. The summed E-state index contributed by atoms with van der Waals surface area (Å²) in [7, 11) is 0. The fourth-order valence-corrected chi connectivity index (χ4v) is 2.37. The van der Waals surface area contributed by atoms with Gasteiger partial charge < -0.3 is 10.4 Å². The molecule has 2 N–H and O–H groups in total. The Labute approximate surface area is 136 Å². The van der Waals surface area contributed by atoms with Crippen LogP contribution in [0.15, 0.2) is 54.6 Å². The van der Waals surface area contributed by atoms with E-state index in [4.69, 9.17) is 0 Å². The molecule has 0 fully saturated rings. The maximum atomic E-state index is 12.0. The van der Waals surface area contributed by atoms with Gasteiger partial charge in [0, 0.05) is 6.42 Å². The second-order valence-corrected chi connectivity index (χ2v) is 5.59. The van der Waals surface area contributed by atoms with E-state index in [1.807, 2.05) is 25.1 Å². The molecule has 2 aromatic carbocycles. The van der Waals surface area contributed by atoms with Gasteiger partial charge in [-0.2, -0.15) is 0 Å². The van der Waals surface area contributed by atoms with Gasteiger partial charge in [-0.3, -0.25) is 4.79 Å². The van der Waals surface area contributed by atoms with Gasteiger partial charge in [-0.1, -0.05) is 60.2 Å². The van der Waals surface area contributed by atoms with Crippen LogP contribution in [0.5, 0.6) is 0 Å². The average molecular weight is 311 g/mol. The van der Waals surface area contributed by atoms with Gasteiger partial charge in [-0.05, 0) is 30.9 Å². The lowest BCUT2D eigenvalue weighted by atomic mass is 10.0. The minimum absolute atomic E-state index is 0.242. The summed E-state index contributed by atoms with van der Waals surface area (Å²) in [5, 5.41) is 11.9. The lowest BCUT2D eigenvalue weighted by Gasteiger charge is -2.14. The largest absolute Gasteiger partial charge is 0.479 e. The number of aryl methyl sites for hydroxylation is 2. The summed E-state index contributed by atoms with van der Waals surface area (Å²) in [5.41, 5.74) is 2.96. The molecule has 1 atom stereocenters. The normalized spacial score (nSPS) is 11.7. The van der Waals surface area contributed by atoms with Gasteiger partial charge in [0.25, 0.3) is 0 Å². The van der Waals surface area contributed by atoms with E-state index in [9.17, 15) is 14.7 Å². The van der Waals surface area contributed by atoms with Crippen molar-refractivity contribution < 1.29 is 14.7 Å². The average Bonchev–Trinajstić information content (AvgIpc) is 2.55. The van der Waals surface area contributed by atoms with Gasteiger partial charge in [-0.25, -0.2) is 4.79 Å². The molecule has 0 aliphatic heterocycles. The minimum Gasteiger partial charge on any atom is -0.479 e. The molecule has 0 spiro atoms. The first-order valence-corrected chi connectivity index (χ1v) is 7.69. The van der Waals surface area contributed by atoms with Crippen molar-refractivity contribution in [1.82, 2.24) is 5.32 Å². The Morgan fingerprint density at radius 2 is 1.70 bits per heavy atom. The Hall–Kier alpha value is -2.62. The van der Waals surface area contributed by atoms with E-state index in [1.54, 1.807) is 24.3 Å². The van der Waals surface area contributed by atoms with Crippen molar-refractivity contribution in [1.29, 1.82) is 0 Å². The maximum absolute atomic E-state index is 12.0. The van der Waals surface area contributed by atoms with Crippen molar-refractivity contribution in [2.24, 2.45) is 0 Å². The van der Waals surface area contributed by atoms with Crippen LogP contribution in [0.3, 0.4) is 0 Å². The molecular formula is C19H21NO3. The fraction of sp³-hybridized carbons (Fsp3) is 0.263. The molecule has 4 heteroatoms. The summed E-state index contributed by atoms with van der Waals surface area (Å²) < 4.78 is 0. The number of carbonyl (C=O) groups is 2. The molecule has 4 nitrogen and oxygen atoms in total. The highest BCUT2D eigenvalue weighted by Gasteiger charge is 2.21. The zero-order valence-corrected chi connectivity index (χ0v) is 13.2. The number of benzene rings is 2. The first-order chi connectivity index (χ1) is 11.1. The van der Waals surface area contributed by atoms with Crippen LogP contribution in [-0.4, -0.2) is 17.0 Å². The van der Waals surface area contributed by atoms with Crippen molar-refractivity contribution >= 4 is 11.9 Å². The van der Waals surface area contributed by atoms with Crippen LogP contribution < -0.4 is 5.32 Å². The molecule has 0 saturated carbocycles. The van der Waals surface area contributed by atoms with Crippen LogP contribution in [0.25, 0.3) is 0 Å². The highest BCUT2D eigenvalue weighted by molar-refractivity contribution is 5.84. The maximum Gasteiger partial charge on any atom is 0.330 e. The minimum atomic E-state index is -1.05. The second kappa shape index (κ2) is 8.13. The molecule has 0 saturated heterocycles. The summed E-state index contributed by atoms with van der Waals surface area (Å²) in [6, 6.07) is 15.9. The van der Waals surface area contributed by atoms with Crippen LogP contribution in [0.4, 0.5) is 0 Å². The number of aliphatic carboxylic acids is 1. The van der Waals surface area contributed by atoms with Crippen molar-refractivity contribution in [3.8, 4) is 0 Å². The van der Waals surface area contributed by atoms with Crippen LogP contribution in [0, 0.1) is 6.92 Å². The summed E-state index contributed by atoms with van der Waals surface area (Å²) in [5.74, 6) is -1.29. The van der Waals surface area contributed by atoms with E-state index in [0.29, 0.717) is 18.4 Å². The van der Waals surface area contributed by atoms with E-state index in [2.05, 4.69) is 17.4 Å². The predicted octanol–water partition coefficient (Wildman–Crippen LogP) is 3.26. The van der Waals surface area contributed by atoms with Crippen LogP contribution in [0.2, 0.25) is 0 Å². The molecule has 0 aliphatic carbocycles. The number of carboxylic acids is 1. The number of nitrogens with one attached hydrogen (secondary N) is 1. The van der Waals surface area contributed by atoms with E-state index in [1.165, 1.54) is 11.1 Å². The number of amides is 1. The highest BCUT2D eigenvalue weighted by Crippen LogP contribution is 2.13. The third-order valence-electron chi connectivity index (χ3n) is 3.68. The molecular weight excluding hydrogens is 290 g/mol. The number of carboxylic acid groups (broad SMARTS) is 1. The highest BCUT2D eigenvalue weighted by atomic mass is 16.4. The van der Waals surface area contributed by atoms with Crippen LogP contribution in [-0.2, 0) is 16.0 Å². The zero-order chi connectivity index (χ0) is 16.7. The van der Waals surface area contributed by atoms with Gasteiger partial charge in [0.05, 0.1) is 0 Å². The summed E-state index contributed by atoms with van der Waals surface area (Å²) >= 11 is 0. The van der Waals surface area contributed by atoms with Crippen molar-refractivity contribution in [2.75, 3.05) is 0 Å². The molecule has 0 bridgehead atoms. The Bertz CT molecular complexity index is 650. The first kappa shape index (κ1) is 16.7. The molecule has 2 aromatic rings. The standard InChI is InChI=1S/C19H21NO3/c1-14-10-12-15(13-11-14)6-5-9-17(21)20-18(19(22)23)16-7-3-2-4-8-16/h2-4,7-8,10-13,18H,5-6,9H2,1H3,(H,20,21)(H,22,23)/t18-/m0/s1. The molecule has 120 valence electrons. The van der Waals surface area contributed by atoms with Crippen molar-refractivity contribution in [3.05, 3.63) is 71.3 Å².